The van der Waals surface area contributed by atoms with Gasteiger partial charge in [0.25, 0.3) is 5.91 Å². The molecule has 2 rings (SSSR count). The third-order valence-corrected chi connectivity index (χ3v) is 4.10. The van der Waals surface area contributed by atoms with E-state index in [-0.39, 0.29) is 17.9 Å². The molecule has 1 aliphatic heterocycles. The predicted octanol–water partition coefficient (Wildman–Crippen LogP) is 2.40. The summed E-state index contributed by atoms with van der Waals surface area (Å²) in [6.07, 6.45) is 1.36. The Hall–Kier alpha value is -1.33. The molecular weight excluding hydrogens is 290 g/mol. The van der Waals surface area contributed by atoms with Crippen molar-refractivity contribution in [2.24, 2.45) is 5.92 Å². The zero-order valence-corrected chi connectivity index (χ0v) is 13.2. The molecule has 1 aromatic heterocycles. The molecule has 1 aromatic rings. The molecule has 1 atom stereocenters. The van der Waals surface area contributed by atoms with E-state index >= 15 is 0 Å². The van der Waals surface area contributed by atoms with E-state index in [1.807, 2.05) is 18.7 Å². The third kappa shape index (κ3) is 4.08. The highest BCUT2D eigenvalue weighted by molar-refractivity contribution is 6.29. The molecule has 0 radical (unpaired) electrons. The number of carbonyl (C=O) groups is 1. The van der Waals surface area contributed by atoms with Gasteiger partial charge in [-0.05, 0) is 44.7 Å². The van der Waals surface area contributed by atoms with Crippen molar-refractivity contribution in [3.8, 4) is 0 Å². The summed E-state index contributed by atoms with van der Waals surface area (Å²) in [6.45, 7) is 5.84. The minimum atomic E-state index is -0.307. The van der Waals surface area contributed by atoms with Crippen molar-refractivity contribution in [1.82, 2.24) is 9.88 Å². The number of pyridine rings is 1. The summed E-state index contributed by atoms with van der Waals surface area (Å²) in [4.78, 5) is 18.5. The van der Waals surface area contributed by atoms with Crippen molar-refractivity contribution >= 4 is 23.3 Å². The Labute approximate surface area is 130 Å². The first-order chi connectivity index (χ1) is 10.0. The zero-order valence-electron chi connectivity index (χ0n) is 12.5. The van der Waals surface area contributed by atoms with Gasteiger partial charge >= 0.3 is 0 Å². The van der Waals surface area contributed by atoms with E-state index in [1.165, 1.54) is 0 Å². The molecule has 5 nitrogen and oxygen atoms in total. The highest BCUT2D eigenvalue weighted by atomic mass is 35.5. The van der Waals surface area contributed by atoms with Crippen LogP contribution in [0, 0.1) is 5.92 Å². The lowest BCUT2D eigenvalue weighted by Gasteiger charge is -2.33. The summed E-state index contributed by atoms with van der Waals surface area (Å²) in [5, 5.41) is 13.0. The van der Waals surface area contributed by atoms with Gasteiger partial charge in [0.1, 0.15) is 11.0 Å². The van der Waals surface area contributed by atoms with Gasteiger partial charge in [-0.3, -0.25) is 4.79 Å². The van der Waals surface area contributed by atoms with Crippen molar-refractivity contribution in [3.05, 3.63) is 22.8 Å². The molecule has 0 bridgehead atoms. The van der Waals surface area contributed by atoms with Crippen LogP contribution in [0.25, 0.3) is 0 Å². The van der Waals surface area contributed by atoms with E-state index in [2.05, 4.69) is 10.3 Å². The fraction of sp³-hybridized carbons (Fsp3) is 0.600. The normalized spacial score (nSPS) is 17.6. The monoisotopic (exact) mass is 311 g/mol. The van der Waals surface area contributed by atoms with Crippen LogP contribution in [0.3, 0.4) is 0 Å². The Morgan fingerprint density at radius 1 is 1.52 bits per heavy atom. The van der Waals surface area contributed by atoms with Crippen LogP contribution in [0.5, 0.6) is 0 Å². The third-order valence-electron chi connectivity index (χ3n) is 3.91. The number of aliphatic hydroxyl groups is 1. The van der Waals surface area contributed by atoms with Gasteiger partial charge in [0, 0.05) is 25.2 Å². The maximum absolute atomic E-state index is 12.5. The number of hydrogen-bond acceptors (Lipinski definition) is 4. The molecule has 1 fully saturated rings. The number of nitrogens with zero attached hydrogens (tertiary/aromatic N) is 2. The van der Waals surface area contributed by atoms with Crippen LogP contribution in [-0.4, -0.2) is 46.6 Å². The van der Waals surface area contributed by atoms with Gasteiger partial charge in [-0.1, -0.05) is 11.6 Å². The van der Waals surface area contributed by atoms with Gasteiger partial charge in [-0.25, -0.2) is 4.98 Å². The molecule has 0 aliphatic carbocycles. The number of piperidine rings is 1. The number of hydrogen-bond donors (Lipinski definition) is 2. The molecule has 116 valence electrons. The number of halogens is 1. The Kier molecular flexibility index (Phi) is 5.42. The maximum atomic E-state index is 12.5. The summed E-state index contributed by atoms with van der Waals surface area (Å²) in [7, 11) is 0. The lowest BCUT2D eigenvalue weighted by atomic mass is 9.92. The smallest absolute Gasteiger partial charge is 0.254 e. The molecular formula is C15H22ClN3O2. The zero-order chi connectivity index (χ0) is 15.4. The molecule has 21 heavy (non-hydrogen) atoms. The van der Waals surface area contributed by atoms with Crippen molar-refractivity contribution < 1.29 is 9.90 Å². The van der Waals surface area contributed by atoms with Crippen molar-refractivity contribution in [2.75, 3.05) is 25.0 Å². The summed E-state index contributed by atoms with van der Waals surface area (Å²) in [5.74, 6) is 0.877. The van der Waals surface area contributed by atoms with Gasteiger partial charge in [0.05, 0.1) is 6.10 Å². The van der Waals surface area contributed by atoms with E-state index in [1.54, 1.807) is 12.1 Å². The van der Waals surface area contributed by atoms with Gasteiger partial charge in [-0.15, -0.1) is 0 Å². The fourth-order valence-corrected chi connectivity index (χ4v) is 2.87. The highest BCUT2D eigenvalue weighted by Crippen LogP contribution is 2.23. The Balaban J connectivity index is 2.07. The van der Waals surface area contributed by atoms with Gasteiger partial charge in [0.15, 0.2) is 0 Å². The molecule has 1 saturated heterocycles. The minimum absolute atomic E-state index is 0.0255. The molecule has 6 heteroatoms. The van der Waals surface area contributed by atoms with Crippen LogP contribution in [0.2, 0.25) is 5.15 Å². The number of likely N-dealkylation sites (tertiary alicyclic amines) is 1. The Morgan fingerprint density at radius 2 is 2.19 bits per heavy atom. The number of carbonyl (C=O) groups excluding carboxylic acids is 1. The second-order valence-electron chi connectivity index (χ2n) is 5.46. The van der Waals surface area contributed by atoms with E-state index in [0.29, 0.717) is 29.6 Å². The van der Waals surface area contributed by atoms with Crippen LogP contribution in [0.4, 0.5) is 5.82 Å². The molecule has 2 heterocycles. The average molecular weight is 312 g/mol. The van der Waals surface area contributed by atoms with E-state index in [9.17, 15) is 9.90 Å². The number of amides is 1. The SMILES string of the molecule is CCNc1cc(C(=O)N2CCC(C(C)O)CC2)cc(Cl)n1. The van der Waals surface area contributed by atoms with Crippen LogP contribution >= 0.6 is 11.6 Å². The summed E-state index contributed by atoms with van der Waals surface area (Å²) < 4.78 is 0. The Bertz CT molecular complexity index is 500. The number of rotatable bonds is 4. The summed E-state index contributed by atoms with van der Waals surface area (Å²) in [5.41, 5.74) is 0.557. The maximum Gasteiger partial charge on any atom is 0.254 e. The second-order valence-corrected chi connectivity index (χ2v) is 5.85. The average Bonchev–Trinajstić information content (AvgIpc) is 2.46. The van der Waals surface area contributed by atoms with Crippen molar-refractivity contribution in [3.63, 3.8) is 0 Å². The van der Waals surface area contributed by atoms with Crippen LogP contribution < -0.4 is 5.32 Å². The molecule has 1 unspecified atom stereocenters. The molecule has 0 aromatic carbocycles. The standard InChI is InChI=1S/C15H22ClN3O2/c1-3-17-14-9-12(8-13(16)18-14)15(21)19-6-4-11(5-7-19)10(2)20/h8-11,20H,3-7H2,1-2H3,(H,17,18). The molecule has 1 amide bonds. The van der Waals surface area contributed by atoms with Gasteiger partial charge < -0.3 is 15.3 Å². The number of aliphatic hydroxyl groups excluding tert-OH is 1. The molecule has 0 saturated carbocycles. The molecule has 1 aliphatic rings. The second kappa shape index (κ2) is 7.09. The first kappa shape index (κ1) is 16.0. The topological polar surface area (TPSA) is 65.5 Å². The van der Waals surface area contributed by atoms with Crippen molar-refractivity contribution in [1.29, 1.82) is 0 Å². The van der Waals surface area contributed by atoms with Crippen LogP contribution in [0.1, 0.15) is 37.0 Å². The molecule has 2 N–H and O–H groups in total. The summed E-state index contributed by atoms with van der Waals surface area (Å²) >= 11 is 5.98. The van der Waals surface area contributed by atoms with Crippen LogP contribution in [-0.2, 0) is 0 Å². The predicted molar refractivity (Wildman–Crippen MR) is 83.7 cm³/mol. The number of nitrogens with one attached hydrogen (secondary N) is 1. The first-order valence-corrected chi connectivity index (χ1v) is 7.78. The quantitative estimate of drug-likeness (QED) is 0.838. The van der Waals surface area contributed by atoms with Crippen molar-refractivity contribution in [2.45, 2.75) is 32.8 Å². The minimum Gasteiger partial charge on any atom is -0.393 e. The van der Waals surface area contributed by atoms with E-state index in [4.69, 9.17) is 11.6 Å². The number of anilines is 1. The van der Waals surface area contributed by atoms with E-state index in [0.717, 1.165) is 19.4 Å². The lowest BCUT2D eigenvalue weighted by Crippen LogP contribution is -2.40. The van der Waals surface area contributed by atoms with E-state index < -0.39 is 0 Å². The number of aromatic nitrogens is 1. The lowest BCUT2D eigenvalue weighted by molar-refractivity contribution is 0.0521. The fourth-order valence-electron chi connectivity index (χ4n) is 2.66. The summed E-state index contributed by atoms with van der Waals surface area (Å²) in [6, 6.07) is 3.34. The largest absolute Gasteiger partial charge is 0.393 e. The first-order valence-electron chi connectivity index (χ1n) is 7.40. The van der Waals surface area contributed by atoms with Gasteiger partial charge in [0.2, 0.25) is 0 Å². The molecule has 0 spiro atoms. The van der Waals surface area contributed by atoms with Gasteiger partial charge in [-0.2, -0.15) is 0 Å². The Morgan fingerprint density at radius 3 is 2.76 bits per heavy atom. The van der Waals surface area contributed by atoms with Crippen LogP contribution in [0.15, 0.2) is 12.1 Å². The highest BCUT2D eigenvalue weighted by Gasteiger charge is 2.26.